The van der Waals surface area contributed by atoms with Crippen LogP contribution in [0.1, 0.15) is 73.8 Å². The summed E-state index contributed by atoms with van der Waals surface area (Å²) in [5.41, 5.74) is 2.49. The van der Waals surface area contributed by atoms with E-state index in [2.05, 4.69) is 22.2 Å². The Balaban J connectivity index is 1.52. The maximum Gasteiger partial charge on any atom is 0.268 e. The highest BCUT2D eigenvalue weighted by Gasteiger charge is 2.50. The summed E-state index contributed by atoms with van der Waals surface area (Å²) < 4.78 is 0. The second-order valence-corrected chi connectivity index (χ2v) is 13.1. The molecule has 1 aliphatic carbocycles. The van der Waals surface area contributed by atoms with Gasteiger partial charge in [0.15, 0.2) is 6.29 Å². The molecule has 5 N–H and O–H groups in total. The van der Waals surface area contributed by atoms with Crippen LogP contribution < -0.4 is 10.6 Å². The quantitative estimate of drug-likeness (QED) is 0.0838. The molecule has 0 saturated carbocycles. The van der Waals surface area contributed by atoms with Gasteiger partial charge in [-0.1, -0.05) is 81.0 Å². The third-order valence-electron chi connectivity index (χ3n) is 9.04. The number of aromatic nitrogens is 1. The summed E-state index contributed by atoms with van der Waals surface area (Å²) in [6, 6.07) is 9.23. The first-order valence-corrected chi connectivity index (χ1v) is 15.4. The van der Waals surface area contributed by atoms with Crippen LogP contribution in [0, 0.1) is 11.8 Å². The number of carbonyl (C=O) groups is 3. The Morgan fingerprint density at radius 2 is 1.85 bits per heavy atom. The maximum atomic E-state index is 14.0. The summed E-state index contributed by atoms with van der Waals surface area (Å²) in [6.45, 7) is 13.9. The number of rotatable bonds is 8. The first-order chi connectivity index (χ1) is 21.8. The van der Waals surface area contributed by atoms with E-state index < -0.39 is 22.8 Å². The lowest BCUT2D eigenvalue weighted by molar-refractivity contribution is -0.138. The summed E-state index contributed by atoms with van der Waals surface area (Å²) in [6.07, 6.45) is 13.7. The van der Waals surface area contributed by atoms with Gasteiger partial charge in [-0.25, -0.2) is 0 Å². The first-order valence-electron chi connectivity index (χ1n) is 15.4. The van der Waals surface area contributed by atoms with Crippen LogP contribution in [-0.4, -0.2) is 38.8 Å². The standard InChI is InChI=1S/C38H41N3O5/c1-7-37(5,6)34-28(26-10-8-9-11-30(26)39-34)19-31-35(45)41-38(36(46)40-31)20-23(4)13-15-25(38)16-17-27-29(21-42)33(44)24(18-32(27)43)14-12-22(2)3/h7-13,15-19,21,23,25,39,43-44H,1,14,20H2,2-6H3,(H,40,46)(H,41,45)/t23-,25+,38-/m0/s1. The molecule has 238 valence electrons. The zero-order valence-electron chi connectivity index (χ0n) is 26.9. The fourth-order valence-corrected chi connectivity index (χ4v) is 6.29. The van der Waals surface area contributed by atoms with Crippen LogP contribution in [0.2, 0.25) is 0 Å². The number of allylic oxidation sites excluding steroid dienone is 4. The van der Waals surface area contributed by atoms with Gasteiger partial charge in [0.25, 0.3) is 11.8 Å². The second-order valence-electron chi connectivity index (χ2n) is 13.1. The minimum Gasteiger partial charge on any atom is -0.507 e. The van der Waals surface area contributed by atoms with E-state index in [1.807, 2.05) is 83.2 Å². The van der Waals surface area contributed by atoms with Gasteiger partial charge in [-0.05, 0) is 50.8 Å². The van der Waals surface area contributed by atoms with E-state index in [9.17, 15) is 24.6 Å². The lowest BCUT2D eigenvalue weighted by Crippen LogP contribution is -2.68. The molecule has 8 nitrogen and oxygen atoms in total. The Kier molecular flexibility index (Phi) is 8.67. The number of aldehydes is 1. The Morgan fingerprint density at radius 1 is 1.11 bits per heavy atom. The van der Waals surface area contributed by atoms with Crippen molar-refractivity contribution < 1.29 is 24.6 Å². The molecule has 3 atom stereocenters. The lowest BCUT2D eigenvalue weighted by atomic mass is 9.71. The summed E-state index contributed by atoms with van der Waals surface area (Å²) in [7, 11) is 0. The van der Waals surface area contributed by atoms with E-state index in [1.54, 1.807) is 12.2 Å². The largest absolute Gasteiger partial charge is 0.507 e. The monoisotopic (exact) mass is 619 g/mol. The molecule has 5 rings (SSSR count). The molecule has 2 aliphatic rings. The van der Waals surface area contributed by atoms with Gasteiger partial charge < -0.3 is 25.8 Å². The number of aromatic hydroxyl groups is 2. The highest BCUT2D eigenvalue weighted by atomic mass is 16.3. The molecule has 2 amide bonds. The first kappa shape index (κ1) is 32.3. The number of phenols is 2. The van der Waals surface area contributed by atoms with Crippen molar-refractivity contribution >= 4 is 41.2 Å². The van der Waals surface area contributed by atoms with Crippen molar-refractivity contribution in [3.8, 4) is 11.5 Å². The smallest absolute Gasteiger partial charge is 0.268 e. The molecule has 1 aliphatic heterocycles. The van der Waals surface area contributed by atoms with Crippen LogP contribution in [0.5, 0.6) is 11.5 Å². The molecule has 0 radical (unpaired) electrons. The van der Waals surface area contributed by atoms with Crippen LogP contribution in [-0.2, 0) is 21.4 Å². The van der Waals surface area contributed by atoms with Crippen molar-refractivity contribution in [1.82, 2.24) is 15.6 Å². The summed E-state index contributed by atoms with van der Waals surface area (Å²) in [5.74, 6) is -1.78. The van der Waals surface area contributed by atoms with Crippen LogP contribution >= 0.6 is 0 Å². The number of para-hydroxylation sites is 1. The van der Waals surface area contributed by atoms with E-state index in [0.717, 1.165) is 27.7 Å². The number of phenolic OH excluding ortho intramolecular Hbond substituents is 2. The van der Waals surface area contributed by atoms with Crippen LogP contribution in [0.3, 0.4) is 0 Å². The predicted octanol–water partition coefficient (Wildman–Crippen LogP) is 6.62. The number of H-pyrrole nitrogens is 1. The predicted molar refractivity (Wildman–Crippen MR) is 182 cm³/mol. The van der Waals surface area contributed by atoms with Gasteiger partial charge in [0.05, 0.1) is 5.56 Å². The number of piperazine rings is 1. The molecule has 2 aromatic carbocycles. The number of hydrogen-bond donors (Lipinski definition) is 5. The van der Waals surface area contributed by atoms with E-state index in [0.29, 0.717) is 24.7 Å². The summed E-state index contributed by atoms with van der Waals surface area (Å²) in [4.78, 5) is 43.3. The molecule has 1 spiro atoms. The molecule has 2 heterocycles. The average molecular weight is 620 g/mol. The molecule has 1 fully saturated rings. The van der Waals surface area contributed by atoms with Crippen LogP contribution in [0.4, 0.5) is 0 Å². The second kappa shape index (κ2) is 12.4. The molecule has 8 heteroatoms. The molecule has 46 heavy (non-hydrogen) atoms. The molecule has 0 bridgehead atoms. The normalized spacial score (nSPS) is 22.3. The molecular weight excluding hydrogens is 578 g/mol. The summed E-state index contributed by atoms with van der Waals surface area (Å²) >= 11 is 0. The van der Waals surface area contributed by atoms with Crippen molar-refractivity contribution in [3.05, 3.63) is 107 Å². The van der Waals surface area contributed by atoms with Gasteiger partial charge in [0.2, 0.25) is 0 Å². The average Bonchev–Trinajstić information content (AvgIpc) is 3.39. The van der Waals surface area contributed by atoms with Crippen molar-refractivity contribution in [1.29, 1.82) is 0 Å². The van der Waals surface area contributed by atoms with Gasteiger partial charge in [-0.15, -0.1) is 6.58 Å². The minimum absolute atomic E-state index is 0.00724. The van der Waals surface area contributed by atoms with Gasteiger partial charge in [0.1, 0.15) is 22.7 Å². The fraction of sp³-hybridized carbons (Fsp3) is 0.289. The maximum absolute atomic E-state index is 14.0. The van der Waals surface area contributed by atoms with E-state index in [-0.39, 0.29) is 40.1 Å². The van der Waals surface area contributed by atoms with E-state index in [4.69, 9.17) is 0 Å². The van der Waals surface area contributed by atoms with Gasteiger partial charge in [-0.2, -0.15) is 0 Å². The molecule has 0 unspecified atom stereocenters. The number of nitrogens with one attached hydrogen (secondary N) is 3. The Bertz CT molecular complexity index is 1870. The van der Waals surface area contributed by atoms with Crippen LogP contribution in [0.25, 0.3) is 23.1 Å². The molecule has 1 saturated heterocycles. The summed E-state index contributed by atoms with van der Waals surface area (Å²) in [5, 5.41) is 28.5. The van der Waals surface area contributed by atoms with Gasteiger partial charge in [0, 0.05) is 44.6 Å². The number of hydrogen-bond acceptors (Lipinski definition) is 5. The highest BCUT2D eigenvalue weighted by Crippen LogP contribution is 2.39. The third-order valence-corrected chi connectivity index (χ3v) is 9.04. The molecule has 1 aromatic heterocycles. The van der Waals surface area contributed by atoms with E-state index >= 15 is 0 Å². The minimum atomic E-state index is -1.31. The topological polar surface area (TPSA) is 132 Å². The van der Waals surface area contributed by atoms with Crippen molar-refractivity contribution in [2.24, 2.45) is 11.8 Å². The molecule has 3 aromatic rings. The number of fused-ring (bicyclic) bond motifs is 1. The Hall–Kier alpha value is -5.11. The zero-order chi connectivity index (χ0) is 33.4. The lowest BCUT2D eigenvalue weighted by Gasteiger charge is -2.44. The number of benzene rings is 2. The Labute approximate surface area is 269 Å². The zero-order valence-corrected chi connectivity index (χ0v) is 26.9. The van der Waals surface area contributed by atoms with Gasteiger partial charge in [-0.3, -0.25) is 14.4 Å². The fourth-order valence-electron chi connectivity index (χ4n) is 6.29. The Morgan fingerprint density at radius 3 is 2.54 bits per heavy atom. The highest BCUT2D eigenvalue weighted by molar-refractivity contribution is 6.10. The number of amides is 2. The number of aromatic amines is 1. The van der Waals surface area contributed by atoms with Gasteiger partial charge >= 0.3 is 0 Å². The number of carbonyl (C=O) groups excluding carboxylic acids is 3. The van der Waals surface area contributed by atoms with Crippen molar-refractivity contribution in [2.45, 2.75) is 58.4 Å². The van der Waals surface area contributed by atoms with Crippen molar-refractivity contribution in [3.63, 3.8) is 0 Å². The molecular formula is C38H41N3O5. The van der Waals surface area contributed by atoms with Crippen LogP contribution in [0.15, 0.2) is 78.6 Å². The van der Waals surface area contributed by atoms with Crippen molar-refractivity contribution in [2.75, 3.05) is 0 Å². The van der Waals surface area contributed by atoms with E-state index in [1.165, 1.54) is 12.1 Å². The SMILES string of the molecule is C=CC(C)(C)c1[nH]c2ccccc2c1C=C1NC(=O)[C@@]2(C[C@@H](C)C=C[C@@H]2C=Cc2c(O)cc(CC=C(C)C)c(O)c2C=O)NC1=O. The third kappa shape index (κ3) is 5.83.